The van der Waals surface area contributed by atoms with Crippen molar-refractivity contribution in [3.8, 4) is 5.69 Å². The lowest BCUT2D eigenvalue weighted by molar-refractivity contribution is 0.0734. The molecule has 6 rings (SSSR count). The number of benzene rings is 1. The van der Waals surface area contributed by atoms with Crippen molar-refractivity contribution in [1.82, 2.24) is 28.9 Å². The van der Waals surface area contributed by atoms with Gasteiger partial charge in [-0.2, -0.15) is 14.5 Å². The molecule has 1 aromatic carbocycles. The number of carbonyl (C=O) groups excluding carboxylic acids is 1. The Bertz CT molecular complexity index is 1800. The molecule has 0 bridgehead atoms. The summed E-state index contributed by atoms with van der Waals surface area (Å²) in [5.41, 5.74) is 1.42. The first-order valence-corrected chi connectivity index (χ1v) is 14.8. The number of rotatable bonds is 8. The first-order chi connectivity index (χ1) is 20.1. The van der Waals surface area contributed by atoms with Crippen LogP contribution in [0.4, 0.5) is 13.2 Å². The minimum absolute atomic E-state index is 0.0308. The molecule has 2 aliphatic carbocycles. The molecule has 1 saturated carbocycles. The Morgan fingerprint density at radius 1 is 1.14 bits per heavy atom. The smallest absolute Gasteiger partial charge is 0.262 e. The van der Waals surface area contributed by atoms with Crippen molar-refractivity contribution in [3.05, 3.63) is 95.2 Å². The van der Waals surface area contributed by atoms with Gasteiger partial charge in [-0.15, -0.1) is 0 Å². The van der Waals surface area contributed by atoms with Crippen molar-refractivity contribution in [2.75, 3.05) is 13.2 Å². The lowest BCUT2D eigenvalue weighted by Crippen LogP contribution is -2.51. The molecule has 0 spiro atoms. The van der Waals surface area contributed by atoms with Crippen LogP contribution < -0.4 is 0 Å². The first-order valence-electron chi connectivity index (χ1n) is 13.4. The second-order valence-electron chi connectivity index (χ2n) is 10.6. The van der Waals surface area contributed by atoms with Gasteiger partial charge in [-0.3, -0.25) is 14.5 Å². The number of sulfonamides is 1. The second kappa shape index (κ2) is 10.6. The molecule has 4 aromatic rings. The molecule has 3 aromatic heterocycles. The zero-order chi connectivity index (χ0) is 29.6. The average molecular weight is 597 g/mol. The van der Waals surface area contributed by atoms with E-state index < -0.39 is 46.3 Å². The Morgan fingerprint density at radius 2 is 1.93 bits per heavy atom. The SMILES string of the molecule is Cn1ccc(S(=O)(=O)N(CCF)[C@H]2CCC3=Cc4c(cnn4-c4ccc(F)cc4)C[C@]3(C(=O)c3cc(F)ccn3)C2)n1. The van der Waals surface area contributed by atoms with Gasteiger partial charge < -0.3 is 0 Å². The summed E-state index contributed by atoms with van der Waals surface area (Å²) >= 11 is 0. The zero-order valence-electron chi connectivity index (χ0n) is 22.6. The maximum absolute atomic E-state index is 14.3. The molecular weight excluding hydrogens is 569 g/mol. The van der Waals surface area contributed by atoms with Gasteiger partial charge >= 0.3 is 0 Å². The molecule has 0 unspecified atom stereocenters. The zero-order valence-corrected chi connectivity index (χ0v) is 23.4. The maximum atomic E-state index is 14.3. The van der Waals surface area contributed by atoms with Crippen LogP contribution >= 0.6 is 0 Å². The minimum Gasteiger partial charge on any atom is -0.291 e. The van der Waals surface area contributed by atoms with Gasteiger partial charge in [-0.05, 0) is 73.7 Å². The summed E-state index contributed by atoms with van der Waals surface area (Å²) in [6.45, 7) is -1.33. The number of Topliss-reactive ketones (excluding diaryl/α,β-unsaturated/α-hetero) is 1. The quantitative estimate of drug-likeness (QED) is 0.281. The first kappa shape index (κ1) is 28.0. The molecule has 0 amide bonds. The summed E-state index contributed by atoms with van der Waals surface area (Å²) in [5, 5.41) is 8.32. The number of ketones is 1. The van der Waals surface area contributed by atoms with Gasteiger partial charge in [0.15, 0.2) is 10.8 Å². The van der Waals surface area contributed by atoms with Gasteiger partial charge in [0.2, 0.25) is 0 Å². The molecule has 0 saturated heterocycles. The standard InChI is InChI=1S/C29H27F3N6O3S/c1-36-12-9-27(35-36)42(40,41)37(13-10-30)24-5-2-20-14-26-19(18-34-38(26)23-6-3-21(31)4-7-23)16-29(20,17-24)28(39)25-15-22(32)8-11-33-25/h3-4,6-9,11-12,14-15,18,24H,2,5,10,13,16-17H2,1H3/t24-,29-/m0/s1. The number of hydrogen-bond acceptors (Lipinski definition) is 6. The van der Waals surface area contributed by atoms with Crippen LogP contribution in [0.1, 0.15) is 41.0 Å². The van der Waals surface area contributed by atoms with E-state index in [9.17, 15) is 26.4 Å². The van der Waals surface area contributed by atoms with Crippen LogP contribution in [0.15, 0.2) is 71.7 Å². The summed E-state index contributed by atoms with van der Waals surface area (Å²) in [5.74, 6) is -1.46. The summed E-state index contributed by atoms with van der Waals surface area (Å²) in [7, 11) is -2.61. The van der Waals surface area contributed by atoms with E-state index in [-0.39, 0.29) is 29.4 Å². The van der Waals surface area contributed by atoms with E-state index in [0.717, 1.165) is 22.0 Å². The summed E-state index contributed by atoms with van der Waals surface area (Å²) in [6, 6.07) is 8.67. The summed E-state index contributed by atoms with van der Waals surface area (Å²) in [6.07, 6.45) is 7.00. The fraction of sp³-hybridized carbons (Fsp3) is 0.310. The molecule has 0 aliphatic heterocycles. The third kappa shape index (κ3) is 4.75. The summed E-state index contributed by atoms with van der Waals surface area (Å²) in [4.78, 5) is 18.4. The highest BCUT2D eigenvalue weighted by Crippen LogP contribution is 2.51. The molecule has 2 aliphatic rings. The van der Waals surface area contributed by atoms with E-state index in [1.54, 1.807) is 30.1 Å². The molecule has 9 nitrogen and oxygen atoms in total. The molecule has 2 atom stereocenters. The number of fused-ring (bicyclic) bond motifs is 2. The third-order valence-corrected chi connectivity index (χ3v) is 9.91. The number of carbonyl (C=O) groups is 1. The Labute approximate surface area is 240 Å². The van der Waals surface area contributed by atoms with Crippen LogP contribution in [0.2, 0.25) is 0 Å². The van der Waals surface area contributed by atoms with Crippen LogP contribution in [0.25, 0.3) is 11.8 Å². The van der Waals surface area contributed by atoms with Crippen LogP contribution in [0, 0.1) is 17.0 Å². The van der Waals surface area contributed by atoms with E-state index in [2.05, 4.69) is 15.2 Å². The van der Waals surface area contributed by atoms with Crippen LogP contribution in [-0.4, -0.2) is 62.3 Å². The maximum Gasteiger partial charge on any atom is 0.262 e. The lowest BCUT2D eigenvalue weighted by Gasteiger charge is -2.46. The third-order valence-electron chi connectivity index (χ3n) is 8.07. The molecule has 0 radical (unpaired) electrons. The Balaban J connectivity index is 1.45. The lowest BCUT2D eigenvalue weighted by atomic mass is 9.60. The number of nitrogens with zero attached hydrogens (tertiary/aromatic N) is 6. The van der Waals surface area contributed by atoms with E-state index >= 15 is 0 Å². The molecule has 0 N–H and O–H groups in total. The van der Waals surface area contributed by atoms with Crippen molar-refractivity contribution in [3.63, 3.8) is 0 Å². The molecule has 3 heterocycles. The van der Waals surface area contributed by atoms with E-state index in [4.69, 9.17) is 0 Å². The number of pyridine rings is 1. The van der Waals surface area contributed by atoms with Crippen LogP contribution in [-0.2, 0) is 23.5 Å². The fourth-order valence-electron chi connectivity index (χ4n) is 6.13. The highest BCUT2D eigenvalue weighted by Gasteiger charge is 2.52. The monoisotopic (exact) mass is 596 g/mol. The highest BCUT2D eigenvalue weighted by molar-refractivity contribution is 7.89. The van der Waals surface area contributed by atoms with Gasteiger partial charge in [0, 0.05) is 38.1 Å². The molecule has 1 fully saturated rings. The van der Waals surface area contributed by atoms with Crippen LogP contribution in [0.5, 0.6) is 0 Å². The predicted molar refractivity (Wildman–Crippen MR) is 147 cm³/mol. The van der Waals surface area contributed by atoms with Crippen molar-refractivity contribution in [1.29, 1.82) is 0 Å². The molecule has 42 heavy (non-hydrogen) atoms. The molecule has 218 valence electrons. The van der Waals surface area contributed by atoms with Crippen molar-refractivity contribution < 1.29 is 26.4 Å². The van der Waals surface area contributed by atoms with Gasteiger partial charge in [-0.25, -0.2) is 26.3 Å². The van der Waals surface area contributed by atoms with Crippen molar-refractivity contribution in [2.45, 2.75) is 36.8 Å². The summed E-state index contributed by atoms with van der Waals surface area (Å²) < 4.78 is 73.1. The van der Waals surface area contributed by atoms with E-state index in [0.29, 0.717) is 29.8 Å². The van der Waals surface area contributed by atoms with Gasteiger partial charge in [-0.1, -0.05) is 5.57 Å². The average Bonchev–Trinajstić information content (AvgIpc) is 3.60. The number of aromatic nitrogens is 5. The van der Waals surface area contributed by atoms with Crippen LogP contribution in [0.3, 0.4) is 0 Å². The minimum atomic E-state index is -4.19. The van der Waals surface area contributed by atoms with Gasteiger partial charge in [0.25, 0.3) is 10.0 Å². The van der Waals surface area contributed by atoms with E-state index in [1.807, 2.05) is 6.08 Å². The van der Waals surface area contributed by atoms with Gasteiger partial charge in [0.1, 0.15) is 24.0 Å². The number of alkyl halides is 1. The largest absolute Gasteiger partial charge is 0.291 e. The number of allylic oxidation sites excluding steroid dienone is 1. The Kier molecular flexibility index (Phi) is 7.09. The van der Waals surface area contributed by atoms with E-state index in [1.165, 1.54) is 35.3 Å². The number of aryl methyl sites for hydroxylation is 1. The molecular formula is C29H27F3N6O3S. The van der Waals surface area contributed by atoms with Crippen molar-refractivity contribution in [2.24, 2.45) is 12.5 Å². The second-order valence-corrected chi connectivity index (χ2v) is 12.4. The predicted octanol–water partition coefficient (Wildman–Crippen LogP) is 4.30. The highest BCUT2D eigenvalue weighted by atomic mass is 32.2. The topological polar surface area (TPSA) is 103 Å². The Morgan fingerprint density at radius 3 is 2.62 bits per heavy atom. The molecule has 13 heteroatoms. The fourth-order valence-corrected chi connectivity index (χ4v) is 7.71. The normalized spacial score (nSPS) is 20.2. The number of hydrogen-bond donors (Lipinski definition) is 0. The Hall–Kier alpha value is -4.10. The van der Waals surface area contributed by atoms with Gasteiger partial charge in [0.05, 0.1) is 23.0 Å². The van der Waals surface area contributed by atoms with Crippen molar-refractivity contribution >= 4 is 21.9 Å². The number of halogens is 3.